The van der Waals surface area contributed by atoms with Crippen LogP contribution in [0.3, 0.4) is 0 Å². The van der Waals surface area contributed by atoms with Crippen molar-refractivity contribution in [3.63, 3.8) is 0 Å². The Balaban J connectivity index is 1.47. The smallest absolute Gasteiger partial charge is 0.268 e. The van der Waals surface area contributed by atoms with Gasteiger partial charge in [-0.25, -0.2) is 9.67 Å². The van der Waals surface area contributed by atoms with Crippen LogP contribution in [0.1, 0.15) is 48.3 Å². The molecule has 0 saturated carbocycles. The Bertz CT molecular complexity index is 830. The molecule has 0 aliphatic carbocycles. The Morgan fingerprint density at radius 3 is 3.17 bits per heavy atom. The molecule has 0 aromatic carbocycles. The summed E-state index contributed by atoms with van der Waals surface area (Å²) in [6.45, 7) is 4.88. The molecule has 4 rings (SSSR count). The zero-order valence-electron chi connectivity index (χ0n) is 13.2. The quantitative estimate of drug-likeness (QED) is 0.776. The maximum atomic E-state index is 12.4. The first-order chi connectivity index (χ1) is 11.1. The van der Waals surface area contributed by atoms with E-state index in [9.17, 15) is 4.79 Å². The highest BCUT2D eigenvalue weighted by molar-refractivity contribution is 7.17. The largest absolute Gasteiger partial charge is 0.350 e. The summed E-state index contributed by atoms with van der Waals surface area (Å²) < 4.78 is 3.05. The summed E-state index contributed by atoms with van der Waals surface area (Å²) in [5, 5.41) is 9.68. The SMILES string of the molecule is CC(C)c1nc2n(n1)C[C@H](NC(=O)c1cc3sccc3[nH]1)CC2. The van der Waals surface area contributed by atoms with Crippen molar-refractivity contribution in [1.82, 2.24) is 25.1 Å². The molecular formula is C16H19N5OS. The molecule has 0 spiro atoms. The van der Waals surface area contributed by atoms with E-state index in [-0.39, 0.29) is 11.9 Å². The molecule has 0 saturated heterocycles. The van der Waals surface area contributed by atoms with Gasteiger partial charge in [-0.05, 0) is 23.9 Å². The molecule has 4 heterocycles. The van der Waals surface area contributed by atoms with E-state index in [0.29, 0.717) is 18.2 Å². The molecule has 1 amide bonds. The van der Waals surface area contributed by atoms with Crippen LogP contribution in [0.2, 0.25) is 0 Å². The highest BCUT2D eigenvalue weighted by Gasteiger charge is 2.24. The number of hydrogen-bond donors (Lipinski definition) is 2. The molecule has 3 aromatic rings. The number of carbonyl (C=O) groups is 1. The van der Waals surface area contributed by atoms with Crippen molar-refractivity contribution in [2.45, 2.75) is 45.2 Å². The Hall–Kier alpha value is -2.15. The van der Waals surface area contributed by atoms with Crippen molar-refractivity contribution in [3.8, 4) is 0 Å². The van der Waals surface area contributed by atoms with Gasteiger partial charge in [-0.3, -0.25) is 4.79 Å². The van der Waals surface area contributed by atoms with E-state index in [1.807, 2.05) is 22.2 Å². The fourth-order valence-corrected chi connectivity index (χ4v) is 3.71. The number of fused-ring (bicyclic) bond motifs is 2. The lowest BCUT2D eigenvalue weighted by atomic mass is 10.1. The van der Waals surface area contributed by atoms with Crippen molar-refractivity contribution in [2.24, 2.45) is 0 Å². The molecule has 2 N–H and O–H groups in total. The fraction of sp³-hybridized carbons (Fsp3) is 0.438. The number of aryl methyl sites for hydroxylation is 1. The highest BCUT2D eigenvalue weighted by atomic mass is 32.1. The van der Waals surface area contributed by atoms with Gasteiger partial charge in [0, 0.05) is 18.4 Å². The molecule has 0 unspecified atom stereocenters. The summed E-state index contributed by atoms with van der Waals surface area (Å²) in [7, 11) is 0. The van der Waals surface area contributed by atoms with Crippen molar-refractivity contribution in [1.29, 1.82) is 0 Å². The van der Waals surface area contributed by atoms with Crippen LogP contribution in [0.4, 0.5) is 0 Å². The van der Waals surface area contributed by atoms with E-state index in [1.54, 1.807) is 11.3 Å². The zero-order chi connectivity index (χ0) is 16.0. The number of nitrogens with one attached hydrogen (secondary N) is 2. The van der Waals surface area contributed by atoms with Gasteiger partial charge in [-0.15, -0.1) is 11.3 Å². The topological polar surface area (TPSA) is 75.6 Å². The van der Waals surface area contributed by atoms with Crippen LogP contribution >= 0.6 is 11.3 Å². The Morgan fingerprint density at radius 1 is 1.52 bits per heavy atom. The summed E-state index contributed by atoms with van der Waals surface area (Å²) in [6, 6.07) is 4.00. The van der Waals surface area contributed by atoms with Crippen LogP contribution in [0.5, 0.6) is 0 Å². The van der Waals surface area contributed by atoms with Gasteiger partial charge in [-0.2, -0.15) is 5.10 Å². The molecule has 120 valence electrons. The lowest BCUT2D eigenvalue weighted by molar-refractivity contribution is 0.0922. The summed E-state index contributed by atoms with van der Waals surface area (Å²) in [5.74, 6) is 2.19. The zero-order valence-corrected chi connectivity index (χ0v) is 14.0. The van der Waals surface area contributed by atoms with Gasteiger partial charge >= 0.3 is 0 Å². The van der Waals surface area contributed by atoms with E-state index in [1.165, 1.54) is 0 Å². The summed E-state index contributed by atoms with van der Waals surface area (Å²) >= 11 is 1.63. The molecule has 7 heteroatoms. The van der Waals surface area contributed by atoms with Gasteiger partial charge in [-0.1, -0.05) is 13.8 Å². The second-order valence-corrected chi connectivity index (χ2v) is 7.26. The average molecular weight is 329 g/mol. The molecule has 0 fully saturated rings. The Kier molecular flexibility index (Phi) is 3.45. The third-order valence-corrected chi connectivity index (χ3v) is 5.07. The first kappa shape index (κ1) is 14.4. The fourth-order valence-electron chi connectivity index (χ4n) is 2.92. The van der Waals surface area contributed by atoms with Crippen LogP contribution < -0.4 is 5.32 Å². The Morgan fingerprint density at radius 2 is 2.39 bits per heavy atom. The van der Waals surface area contributed by atoms with E-state index in [4.69, 9.17) is 0 Å². The van der Waals surface area contributed by atoms with Gasteiger partial charge in [0.25, 0.3) is 5.91 Å². The van der Waals surface area contributed by atoms with E-state index >= 15 is 0 Å². The minimum absolute atomic E-state index is 0.0500. The number of carbonyl (C=O) groups excluding carboxylic acids is 1. The van der Waals surface area contributed by atoms with Crippen LogP contribution in [0, 0.1) is 0 Å². The first-order valence-electron chi connectivity index (χ1n) is 7.91. The third kappa shape index (κ3) is 2.65. The normalized spacial score (nSPS) is 17.6. The number of nitrogens with zero attached hydrogens (tertiary/aromatic N) is 3. The van der Waals surface area contributed by atoms with Gasteiger partial charge < -0.3 is 10.3 Å². The number of H-pyrrole nitrogens is 1. The predicted molar refractivity (Wildman–Crippen MR) is 89.9 cm³/mol. The number of amides is 1. The molecular weight excluding hydrogens is 310 g/mol. The van der Waals surface area contributed by atoms with Crippen molar-refractivity contribution in [2.75, 3.05) is 0 Å². The minimum Gasteiger partial charge on any atom is -0.350 e. The number of aromatic amines is 1. The lowest BCUT2D eigenvalue weighted by Gasteiger charge is -2.23. The Labute approximate surface area is 137 Å². The van der Waals surface area contributed by atoms with Crippen molar-refractivity contribution in [3.05, 3.63) is 34.9 Å². The van der Waals surface area contributed by atoms with Crippen LogP contribution in [-0.2, 0) is 13.0 Å². The molecule has 1 atom stereocenters. The molecule has 23 heavy (non-hydrogen) atoms. The molecule has 3 aromatic heterocycles. The van der Waals surface area contributed by atoms with Crippen LogP contribution in [0.25, 0.3) is 10.2 Å². The van der Waals surface area contributed by atoms with Crippen LogP contribution in [0.15, 0.2) is 17.5 Å². The second-order valence-electron chi connectivity index (χ2n) is 6.31. The first-order valence-corrected chi connectivity index (χ1v) is 8.79. The van der Waals surface area contributed by atoms with Crippen molar-refractivity contribution < 1.29 is 4.79 Å². The second kappa shape index (κ2) is 5.49. The maximum absolute atomic E-state index is 12.4. The third-order valence-electron chi connectivity index (χ3n) is 4.21. The highest BCUT2D eigenvalue weighted by Crippen LogP contribution is 2.22. The number of thiophene rings is 1. The van der Waals surface area contributed by atoms with E-state index < -0.39 is 0 Å². The van der Waals surface area contributed by atoms with Gasteiger partial charge in [0.15, 0.2) is 5.82 Å². The van der Waals surface area contributed by atoms with Gasteiger partial charge in [0.05, 0.1) is 16.8 Å². The monoisotopic (exact) mass is 329 g/mol. The average Bonchev–Trinajstić information content (AvgIpc) is 3.20. The number of hydrogen-bond acceptors (Lipinski definition) is 4. The summed E-state index contributed by atoms with van der Waals surface area (Å²) in [6.07, 6.45) is 1.75. The molecule has 1 aliphatic rings. The molecule has 0 bridgehead atoms. The lowest BCUT2D eigenvalue weighted by Crippen LogP contribution is -2.41. The standard InChI is InChI=1S/C16H19N5OS/c1-9(2)15-19-14-4-3-10(8-21(14)20-15)17-16(22)12-7-13-11(18-12)5-6-23-13/h5-7,9-10,18H,3-4,8H2,1-2H3,(H,17,22)/t10-/m1/s1. The van der Waals surface area contributed by atoms with E-state index in [0.717, 1.165) is 34.7 Å². The predicted octanol–water partition coefficient (Wildman–Crippen LogP) is 2.69. The summed E-state index contributed by atoms with van der Waals surface area (Å²) in [4.78, 5) is 20.2. The number of aromatic nitrogens is 4. The molecule has 6 nitrogen and oxygen atoms in total. The van der Waals surface area contributed by atoms with Crippen LogP contribution in [-0.4, -0.2) is 31.7 Å². The minimum atomic E-state index is -0.0500. The van der Waals surface area contributed by atoms with E-state index in [2.05, 4.69) is 34.2 Å². The van der Waals surface area contributed by atoms with Crippen molar-refractivity contribution >= 4 is 27.5 Å². The number of rotatable bonds is 3. The van der Waals surface area contributed by atoms with Gasteiger partial charge in [0.1, 0.15) is 11.5 Å². The molecule has 1 aliphatic heterocycles. The maximum Gasteiger partial charge on any atom is 0.268 e. The summed E-state index contributed by atoms with van der Waals surface area (Å²) in [5.41, 5.74) is 1.64. The molecule has 0 radical (unpaired) electrons. The van der Waals surface area contributed by atoms with Gasteiger partial charge in [0.2, 0.25) is 0 Å².